The van der Waals surface area contributed by atoms with Gasteiger partial charge in [0.25, 0.3) is 0 Å². The predicted octanol–water partition coefficient (Wildman–Crippen LogP) is -9.69. The Morgan fingerprint density at radius 3 is 0.421 bits per heavy atom. The molecule has 0 aliphatic carbocycles. The Morgan fingerprint density at radius 2 is 0.421 bits per heavy atom. The molecule has 0 bridgehead atoms. The van der Waals surface area contributed by atoms with Crippen molar-refractivity contribution >= 4 is 75.5 Å². The van der Waals surface area contributed by atoms with Crippen LogP contribution < -0.4 is 22.6 Å². The normalized spacial score (nSPS) is 9.16. The van der Waals surface area contributed by atoms with Crippen molar-refractivity contribution in [2.75, 3.05) is 0 Å². The molecule has 0 spiro atoms. The second-order valence-corrected chi connectivity index (χ2v) is 10.0. The van der Waals surface area contributed by atoms with Crippen molar-refractivity contribution in [3.05, 3.63) is 0 Å². The summed E-state index contributed by atoms with van der Waals surface area (Å²) in [6, 6.07) is 0. The van der Waals surface area contributed by atoms with Crippen LogP contribution in [0.15, 0.2) is 0 Å². The van der Waals surface area contributed by atoms with E-state index in [1.807, 2.05) is 0 Å². The third kappa shape index (κ3) is 516. The van der Waals surface area contributed by atoms with Crippen molar-refractivity contribution in [3.63, 3.8) is 0 Å². The van der Waals surface area contributed by atoms with Crippen molar-refractivity contribution < 1.29 is 127 Å². The summed E-state index contributed by atoms with van der Waals surface area (Å²) in [5.41, 5.74) is 0. The van der Waals surface area contributed by atoms with E-state index in [1.54, 1.807) is 0 Å². The fourth-order valence-corrected chi connectivity index (χ4v) is 0. The van der Waals surface area contributed by atoms with Gasteiger partial charge in [0.2, 0.25) is 0 Å². The first-order chi connectivity index (χ1) is 6.00. The average molecular weight is 939 g/mol. The third-order valence-corrected chi connectivity index (χ3v) is 0. The van der Waals surface area contributed by atoms with Gasteiger partial charge in [0.05, 0.1) is 0 Å². The molecule has 0 amide bonds. The standard InChI is InChI=1S/2Ca.2Fe.12O.3W.4H/q;;2*+3;;;;;;;6*-1;;;;;;;. The third-order valence-electron chi connectivity index (χ3n) is 0. The van der Waals surface area contributed by atoms with E-state index in [4.69, 9.17) is 42.9 Å². The van der Waals surface area contributed by atoms with Gasteiger partial charge in [-0.05, 0) is 0 Å². The summed E-state index contributed by atoms with van der Waals surface area (Å²) in [5, 5.41) is 0. The Bertz CT molecular complexity index is 350. The fraction of sp³-hybridized carbons (Fsp3) is 0. The summed E-state index contributed by atoms with van der Waals surface area (Å²) in [7, 11) is 0. The van der Waals surface area contributed by atoms with E-state index in [-0.39, 0.29) is 110 Å². The first-order valence-corrected chi connectivity index (χ1v) is 16.4. The molecule has 0 aromatic heterocycles. The van der Waals surface area contributed by atoms with Gasteiger partial charge in [0.1, 0.15) is 0 Å². The van der Waals surface area contributed by atoms with Gasteiger partial charge in [-0.3, -0.25) is 0 Å². The maximum absolute atomic E-state index is 8.65. The van der Waals surface area contributed by atoms with E-state index in [2.05, 4.69) is 0 Å². The average Bonchev–Trinajstić information content (AvgIpc) is 1.41. The molecule has 0 atom stereocenters. The van der Waals surface area contributed by atoms with Crippen LogP contribution in [0.5, 0.6) is 0 Å². The molecule has 12 nitrogen and oxygen atoms in total. The zero-order valence-electron chi connectivity index (χ0n) is 6.83. The zero-order valence-corrected chi connectivity index (χ0v) is 17.8. The van der Waals surface area contributed by atoms with Gasteiger partial charge in [-0.1, -0.05) is 0 Å². The van der Waals surface area contributed by atoms with Crippen LogP contribution >= 0.6 is 0 Å². The van der Waals surface area contributed by atoms with Crippen LogP contribution in [-0.2, 0) is 105 Å². The van der Waals surface area contributed by atoms with Crippen molar-refractivity contribution in [3.8, 4) is 0 Å². The Kier molecular flexibility index (Phi) is 46.4. The van der Waals surface area contributed by atoms with Crippen LogP contribution in [0, 0.1) is 0 Å². The minimum absolute atomic E-state index is 0. The number of hydrogen-bond donors (Lipinski definition) is 0. The van der Waals surface area contributed by atoms with Gasteiger partial charge in [0.15, 0.2) is 0 Å². The molecule has 0 aliphatic rings. The molecule has 19 heteroatoms. The summed E-state index contributed by atoms with van der Waals surface area (Å²) < 4.78 is 104. The second kappa shape index (κ2) is 20.2. The van der Waals surface area contributed by atoms with Crippen molar-refractivity contribution in [2.24, 2.45) is 0 Å². The van der Waals surface area contributed by atoms with Crippen LogP contribution in [0.2, 0.25) is 0 Å². The molecular formula is H4Ca2Fe2O12W3. The summed E-state index contributed by atoms with van der Waals surface area (Å²) in [6.45, 7) is 0. The minimum atomic E-state index is -6.17. The van der Waals surface area contributed by atoms with Crippen LogP contribution in [0.25, 0.3) is 0 Å². The molecule has 19 heavy (non-hydrogen) atoms. The Morgan fingerprint density at radius 1 is 0.421 bits per heavy atom. The van der Waals surface area contributed by atoms with Crippen molar-refractivity contribution in [2.45, 2.75) is 0 Å². The molecule has 0 fully saturated rings. The summed E-state index contributed by atoms with van der Waals surface area (Å²) in [4.78, 5) is 0. The van der Waals surface area contributed by atoms with Crippen molar-refractivity contribution in [1.82, 2.24) is 0 Å². The summed E-state index contributed by atoms with van der Waals surface area (Å²) in [6.07, 6.45) is 0. The molecule has 0 saturated heterocycles. The first-order valence-electron chi connectivity index (χ1n) is 2.00. The Hall–Kier alpha value is 4.18. The maximum atomic E-state index is 8.65. The molecule has 0 unspecified atom stereocenters. The molecule has 2 radical (unpaired) electrons. The molecule has 0 aromatic carbocycles. The van der Waals surface area contributed by atoms with E-state index in [9.17, 15) is 0 Å². The zero-order chi connectivity index (χ0) is 13.5. The molecule has 0 saturated carbocycles. The molecular weight excluding hydrogens is 935 g/mol. The van der Waals surface area contributed by atoms with Gasteiger partial charge >= 0.3 is 203 Å². The topological polar surface area (TPSA) is 241 Å². The van der Waals surface area contributed by atoms with Crippen LogP contribution in [-0.4, -0.2) is 75.5 Å². The SMILES string of the molecule is [CaH2].[CaH2].[Fe+3].[Fe+3].[O]=[W](=[O])([O-])[O-].[O]=[W](=[O])([O-])[O-].[O]=[W](=[O])([O-])[O-]. The Balaban J connectivity index is -0.0000000206. The van der Waals surface area contributed by atoms with Gasteiger partial charge in [0, 0.05) is 0 Å². The molecule has 0 heterocycles. The van der Waals surface area contributed by atoms with E-state index >= 15 is 0 Å². The van der Waals surface area contributed by atoms with Gasteiger partial charge in [-0.15, -0.1) is 0 Å². The number of hydrogen-bond acceptors (Lipinski definition) is 12. The molecule has 0 aliphatic heterocycles. The van der Waals surface area contributed by atoms with E-state index in [0.717, 1.165) is 0 Å². The predicted molar refractivity (Wildman–Crippen MR) is 21.2 cm³/mol. The van der Waals surface area contributed by atoms with E-state index in [1.165, 1.54) is 0 Å². The molecule has 0 N–H and O–H groups in total. The van der Waals surface area contributed by atoms with E-state index in [0.29, 0.717) is 0 Å². The second-order valence-electron chi connectivity index (χ2n) is 1.22. The molecule has 114 valence electrons. The first kappa shape index (κ1) is 43.6. The Labute approximate surface area is 198 Å². The monoisotopic (exact) mass is 940 g/mol. The van der Waals surface area contributed by atoms with Crippen molar-refractivity contribution in [1.29, 1.82) is 0 Å². The quantitative estimate of drug-likeness (QED) is 0.206. The van der Waals surface area contributed by atoms with Gasteiger partial charge in [-0.25, -0.2) is 0 Å². The van der Waals surface area contributed by atoms with E-state index < -0.39 is 50.2 Å². The molecule has 0 rings (SSSR count). The van der Waals surface area contributed by atoms with Gasteiger partial charge in [-0.2, -0.15) is 0 Å². The number of rotatable bonds is 0. The van der Waals surface area contributed by atoms with Crippen LogP contribution in [0.1, 0.15) is 0 Å². The molecule has 0 aromatic rings. The summed E-state index contributed by atoms with van der Waals surface area (Å²) >= 11 is -18.5. The van der Waals surface area contributed by atoms with Crippen LogP contribution in [0.4, 0.5) is 0 Å². The van der Waals surface area contributed by atoms with Crippen LogP contribution in [0.3, 0.4) is 0 Å². The summed E-state index contributed by atoms with van der Waals surface area (Å²) in [5.74, 6) is 0. The van der Waals surface area contributed by atoms with Gasteiger partial charge < -0.3 is 0 Å². The fourth-order valence-electron chi connectivity index (χ4n) is 0.